The van der Waals surface area contributed by atoms with Crippen molar-refractivity contribution in [2.45, 2.75) is 24.8 Å². The van der Waals surface area contributed by atoms with Crippen molar-refractivity contribution >= 4 is 5.91 Å². The highest BCUT2D eigenvalue weighted by Gasteiger charge is 2.45. The number of carbonyl (C=O) groups is 1. The van der Waals surface area contributed by atoms with Gasteiger partial charge in [0.15, 0.2) is 0 Å². The molecule has 3 heteroatoms. The van der Waals surface area contributed by atoms with Crippen molar-refractivity contribution in [2.75, 3.05) is 6.54 Å². The lowest BCUT2D eigenvalue weighted by Gasteiger charge is -2.07. The predicted octanol–water partition coefficient (Wildman–Crippen LogP) is 0.170. The Morgan fingerprint density at radius 2 is 2.36 bits per heavy atom. The smallest absolute Gasteiger partial charge is 0.240 e. The van der Waals surface area contributed by atoms with E-state index < -0.39 is 5.54 Å². The van der Waals surface area contributed by atoms with Crippen LogP contribution in [-0.2, 0) is 4.79 Å². The average molecular weight is 154 g/mol. The first-order chi connectivity index (χ1) is 5.19. The lowest BCUT2D eigenvalue weighted by atomic mass is 10.2. The summed E-state index contributed by atoms with van der Waals surface area (Å²) >= 11 is 0. The number of carbonyl (C=O) groups excluding carboxylic acids is 1. The third-order valence-electron chi connectivity index (χ3n) is 1.87. The van der Waals surface area contributed by atoms with E-state index in [1.54, 1.807) is 6.08 Å². The Balaban J connectivity index is 2.16. The molecular formula is C8H14N2O. The molecule has 0 aromatic heterocycles. The summed E-state index contributed by atoms with van der Waals surface area (Å²) in [4.78, 5) is 11.1. The van der Waals surface area contributed by atoms with Gasteiger partial charge in [-0.25, -0.2) is 0 Å². The Bertz CT molecular complexity index is 173. The maximum Gasteiger partial charge on any atom is 0.240 e. The summed E-state index contributed by atoms with van der Waals surface area (Å²) in [6.07, 6.45) is 4.23. The maximum absolute atomic E-state index is 11.1. The zero-order valence-corrected chi connectivity index (χ0v) is 6.60. The molecule has 62 valence electrons. The van der Waals surface area contributed by atoms with Gasteiger partial charge in [0.25, 0.3) is 0 Å². The fourth-order valence-electron chi connectivity index (χ4n) is 0.826. The van der Waals surface area contributed by atoms with Crippen molar-refractivity contribution in [2.24, 2.45) is 5.73 Å². The van der Waals surface area contributed by atoms with Gasteiger partial charge in [0.05, 0.1) is 5.54 Å². The fraction of sp³-hybridized carbons (Fsp3) is 0.625. The van der Waals surface area contributed by atoms with E-state index in [-0.39, 0.29) is 5.91 Å². The second-order valence-electron chi connectivity index (χ2n) is 2.99. The molecule has 0 aliphatic heterocycles. The van der Waals surface area contributed by atoms with Crippen LogP contribution in [-0.4, -0.2) is 18.0 Å². The normalized spacial score (nSPS) is 19.0. The Morgan fingerprint density at radius 3 is 2.82 bits per heavy atom. The van der Waals surface area contributed by atoms with Gasteiger partial charge < -0.3 is 11.1 Å². The van der Waals surface area contributed by atoms with Crippen LogP contribution in [0.15, 0.2) is 12.7 Å². The summed E-state index contributed by atoms with van der Waals surface area (Å²) in [7, 11) is 0. The highest BCUT2D eigenvalue weighted by atomic mass is 16.2. The van der Waals surface area contributed by atoms with E-state index >= 15 is 0 Å². The molecule has 0 aromatic carbocycles. The van der Waals surface area contributed by atoms with Gasteiger partial charge in [-0.2, -0.15) is 0 Å². The number of hydrogen-bond acceptors (Lipinski definition) is 2. The third kappa shape index (κ3) is 2.05. The van der Waals surface area contributed by atoms with Crippen LogP contribution < -0.4 is 11.1 Å². The number of nitrogens with one attached hydrogen (secondary N) is 1. The van der Waals surface area contributed by atoms with Gasteiger partial charge in [-0.3, -0.25) is 4.79 Å². The topological polar surface area (TPSA) is 55.1 Å². The van der Waals surface area contributed by atoms with Gasteiger partial charge in [0.2, 0.25) is 5.91 Å². The molecule has 1 aliphatic carbocycles. The second kappa shape index (κ2) is 3.05. The van der Waals surface area contributed by atoms with Crippen molar-refractivity contribution in [3.05, 3.63) is 12.7 Å². The summed E-state index contributed by atoms with van der Waals surface area (Å²) in [6.45, 7) is 4.21. The first kappa shape index (κ1) is 8.27. The summed E-state index contributed by atoms with van der Waals surface area (Å²) in [6, 6.07) is 0. The first-order valence-electron chi connectivity index (χ1n) is 3.87. The lowest BCUT2D eigenvalue weighted by Crippen LogP contribution is -2.42. The van der Waals surface area contributed by atoms with Gasteiger partial charge >= 0.3 is 0 Å². The van der Waals surface area contributed by atoms with Crippen molar-refractivity contribution in [3.8, 4) is 0 Å². The van der Waals surface area contributed by atoms with E-state index in [2.05, 4.69) is 11.9 Å². The average Bonchev–Trinajstić information content (AvgIpc) is 2.70. The molecular weight excluding hydrogens is 140 g/mol. The summed E-state index contributed by atoms with van der Waals surface area (Å²) in [5.41, 5.74) is 5.11. The Hall–Kier alpha value is -0.830. The first-order valence-corrected chi connectivity index (χ1v) is 3.87. The van der Waals surface area contributed by atoms with Gasteiger partial charge in [-0.1, -0.05) is 6.08 Å². The molecule has 0 spiro atoms. The zero-order chi connectivity index (χ0) is 8.32. The monoisotopic (exact) mass is 154 g/mol. The number of amides is 1. The van der Waals surface area contributed by atoms with Crippen LogP contribution in [0.5, 0.6) is 0 Å². The highest BCUT2D eigenvalue weighted by molar-refractivity contribution is 5.88. The van der Waals surface area contributed by atoms with Gasteiger partial charge in [-0.15, -0.1) is 6.58 Å². The molecule has 0 atom stereocenters. The Morgan fingerprint density at radius 1 is 1.73 bits per heavy atom. The molecule has 11 heavy (non-hydrogen) atoms. The van der Waals surface area contributed by atoms with E-state index in [0.717, 1.165) is 19.3 Å². The molecule has 1 amide bonds. The van der Waals surface area contributed by atoms with E-state index in [0.29, 0.717) is 6.54 Å². The molecule has 1 saturated carbocycles. The number of nitrogens with two attached hydrogens (primary N) is 1. The van der Waals surface area contributed by atoms with Crippen LogP contribution in [0.25, 0.3) is 0 Å². The molecule has 3 nitrogen and oxygen atoms in total. The molecule has 0 unspecified atom stereocenters. The van der Waals surface area contributed by atoms with Crippen molar-refractivity contribution in [1.82, 2.24) is 5.32 Å². The van der Waals surface area contributed by atoms with Gasteiger partial charge in [0.1, 0.15) is 0 Å². The van der Waals surface area contributed by atoms with Gasteiger partial charge in [-0.05, 0) is 19.3 Å². The predicted molar refractivity (Wildman–Crippen MR) is 44.0 cm³/mol. The van der Waals surface area contributed by atoms with Crippen molar-refractivity contribution < 1.29 is 4.79 Å². The van der Waals surface area contributed by atoms with E-state index in [9.17, 15) is 4.79 Å². The second-order valence-corrected chi connectivity index (χ2v) is 2.99. The molecule has 1 rings (SSSR count). The van der Waals surface area contributed by atoms with E-state index in [4.69, 9.17) is 5.73 Å². The fourth-order valence-corrected chi connectivity index (χ4v) is 0.826. The largest absolute Gasteiger partial charge is 0.354 e. The molecule has 0 bridgehead atoms. The highest BCUT2D eigenvalue weighted by Crippen LogP contribution is 2.31. The third-order valence-corrected chi connectivity index (χ3v) is 1.87. The van der Waals surface area contributed by atoms with Crippen LogP contribution >= 0.6 is 0 Å². The maximum atomic E-state index is 11.1. The quantitative estimate of drug-likeness (QED) is 0.448. The Labute approximate surface area is 66.6 Å². The molecule has 0 aromatic rings. The number of hydrogen-bond donors (Lipinski definition) is 2. The zero-order valence-electron chi connectivity index (χ0n) is 6.60. The molecule has 1 fully saturated rings. The minimum Gasteiger partial charge on any atom is -0.354 e. The van der Waals surface area contributed by atoms with Crippen LogP contribution in [0, 0.1) is 0 Å². The number of rotatable bonds is 4. The molecule has 1 aliphatic rings. The summed E-state index contributed by atoms with van der Waals surface area (Å²) < 4.78 is 0. The van der Waals surface area contributed by atoms with E-state index in [1.807, 2.05) is 0 Å². The van der Waals surface area contributed by atoms with Crippen LogP contribution in [0.4, 0.5) is 0 Å². The molecule has 0 radical (unpaired) electrons. The molecule has 0 saturated heterocycles. The van der Waals surface area contributed by atoms with Crippen LogP contribution in [0.2, 0.25) is 0 Å². The minimum atomic E-state index is -0.527. The van der Waals surface area contributed by atoms with Crippen LogP contribution in [0.3, 0.4) is 0 Å². The molecule has 0 heterocycles. The van der Waals surface area contributed by atoms with E-state index in [1.165, 1.54) is 0 Å². The van der Waals surface area contributed by atoms with Crippen LogP contribution in [0.1, 0.15) is 19.3 Å². The van der Waals surface area contributed by atoms with Gasteiger partial charge in [0, 0.05) is 6.54 Å². The summed E-state index contributed by atoms with van der Waals surface area (Å²) in [5.74, 6) is -0.0145. The molecule has 3 N–H and O–H groups in total. The van der Waals surface area contributed by atoms with Crippen molar-refractivity contribution in [3.63, 3.8) is 0 Å². The minimum absolute atomic E-state index is 0.0145. The summed E-state index contributed by atoms with van der Waals surface area (Å²) in [5, 5.41) is 2.75. The SMILES string of the molecule is C=CCCNC(=O)C1(N)CC1. The Kier molecular flexibility index (Phi) is 2.29. The standard InChI is InChI=1S/C8H14N2O/c1-2-3-6-10-7(11)8(9)4-5-8/h2H,1,3-6,9H2,(H,10,11). The van der Waals surface area contributed by atoms with Crippen molar-refractivity contribution in [1.29, 1.82) is 0 Å². The lowest BCUT2D eigenvalue weighted by molar-refractivity contribution is -0.123.